The van der Waals surface area contributed by atoms with Crippen LogP contribution >= 0.6 is 23.5 Å². The summed E-state index contributed by atoms with van der Waals surface area (Å²) in [6, 6.07) is -0.721. The number of β-lactam (4-membered cyclic amide) rings is 1. The summed E-state index contributed by atoms with van der Waals surface area (Å²) in [5, 5.41) is 18.1. The number of amides is 3. The molecule has 1 aromatic rings. The average Bonchev–Trinajstić information content (AvgIpc) is 3.51. The number of hydrogen-bond donors (Lipinski definition) is 2. The van der Waals surface area contributed by atoms with Crippen molar-refractivity contribution >= 4 is 76.8 Å². The van der Waals surface area contributed by atoms with Crippen LogP contribution in [0.25, 0.3) is 0 Å². The Bertz CT molecular complexity index is 1260. The molecule has 4 aliphatic rings. The first-order valence-corrected chi connectivity index (χ1v) is 13.3. The second kappa shape index (κ2) is 10.9. The fraction of sp³-hybridized carbons (Fsp3) is 0.524. The van der Waals surface area contributed by atoms with Gasteiger partial charge in [-0.2, -0.15) is 13.2 Å². The van der Waals surface area contributed by atoms with Crippen LogP contribution in [0.2, 0.25) is 0 Å². The number of halogens is 3. The topological polar surface area (TPSA) is 138 Å². The zero-order valence-corrected chi connectivity index (χ0v) is 21.0. The molecular formula is C21H22F3N6NaO5S2. The van der Waals surface area contributed by atoms with Gasteiger partial charge in [0.15, 0.2) is 5.16 Å². The summed E-state index contributed by atoms with van der Waals surface area (Å²) in [7, 11) is 1.13. The van der Waals surface area contributed by atoms with E-state index < -0.39 is 41.2 Å². The van der Waals surface area contributed by atoms with Crippen LogP contribution in [-0.4, -0.2) is 118 Å². The van der Waals surface area contributed by atoms with E-state index in [0.29, 0.717) is 24.1 Å². The molecule has 3 fully saturated rings. The van der Waals surface area contributed by atoms with E-state index >= 15 is 0 Å². The Morgan fingerprint density at radius 2 is 1.97 bits per heavy atom. The number of fused-ring (bicyclic) bond motifs is 1. The Morgan fingerprint density at radius 1 is 1.26 bits per heavy atom. The SMILES string of the molecule is Cn1c(SCC(=O)N[C@@H]2C(=O)N3C(C(=O)O)=C(/C=C4\CCN(C5CC5)C4=O)CS[C@H]23)nnc1C(F)(F)F.[NaH]. The number of hydrogen-bond acceptors (Lipinski definition) is 8. The van der Waals surface area contributed by atoms with Gasteiger partial charge in [0, 0.05) is 31.0 Å². The molecule has 38 heavy (non-hydrogen) atoms. The molecule has 0 unspecified atom stereocenters. The van der Waals surface area contributed by atoms with Gasteiger partial charge in [0.2, 0.25) is 17.6 Å². The van der Waals surface area contributed by atoms with E-state index in [-0.39, 0.29) is 63.9 Å². The number of carbonyl (C=O) groups excluding carboxylic acids is 3. The summed E-state index contributed by atoms with van der Waals surface area (Å²) in [5.41, 5.74) is 0.677. The molecule has 17 heteroatoms. The quantitative estimate of drug-likeness (QED) is 0.202. The van der Waals surface area contributed by atoms with E-state index in [1.807, 2.05) is 0 Å². The van der Waals surface area contributed by atoms with Gasteiger partial charge in [0.25, 0.3) is 5.91 Å². The minimum atomic E-state index is -4.69. The van der Waals surface area contributed by atoms with Crippen LogP contribution in [0, 0.1) is 0 Å². The zero-order chi connectivity index (χ0) is 26.6. The number of nitrogens with zero attached hydrogens (tertiary/aromatic N) is 5. The van der Waals surface area contributed by atoms with Gasteiger partial charge in [0.05, 0.1) is 5.75 Å². The molecule has 3 amide bonds. The molecule has 3 aliphatic heterocycles. The number of aromatic nitrogens is 3. The standard InChI is InChI=1S/C21H21F3N6O5S2.Na.H/c1-28-19(21(22,23)24)26-27-20(28)37-8-12(31)25-13-16(33)30-14(18(34)35)10(7-36-17(13)30)6-9-4-5-29(15(9)32)11-2-3-11;;/h6,11,13,17H,2-5,7-8H2,1H3,(H,25,31)(H,34,35);;/b9-6+;;/t13-,17-;;/m1../s1. The molecule has 1 saturated carbocycles. The number of nitrogens with one attached hydrogen (secondary N) is 1. The van der Waals surface area contributed by atoms with Gasteiger partial charge in [-0.15, -0.1) is 22.0 Å². The number of allylic oxidation sites excluding steroid dienone is 1. The van der Waals surface area contributed by atoms with Crippen molar-refractivity contribution in [3.63, 3.8) is 0 Å². The molecule has 0 spiro atoms. The van der Waals surface area contributed by atoms with Crippen LogP contribution in [0.1, 0.15) is 25.1 Å². The summed E-state index contributed by atoms with van der Waals surface area (Å²) in [4.78, 5) is 52.9. The number of carboxylic acids is 1. The van der Waals surface area contributed by atoms with Crippen LogP contribution in [-0.2, 0) is 32.4 Å². The van der Waals surface area contributed by atoms with Crippen LogP contribution < -0.4 is 5.32 Å². The maximum absolute atomic E-state index is 12.9. The monoisotopic (exact) mass is 582 g/mol. The Kier molecular flexibility index (Phi) is 8.29. The Balaban J connectivity index is 0.00000336. The van der Waals surface area contributed by atoms with E-state index in [0.717, 1.165) is 41.1 Å². The summed E-state index contributed by atoms with van der Waals surface area (Å²) >= 11 is 1.99. The third kappa shape index (κ3) is 5.37. The molecule has 4 heterocycles. The van der Waals surface area contributed by atoms with E-state index in [4.69, 9.17) is 0 Å². The number of carboxylic acid groups (broad SMARTS) is 1. The molecule has 2 atom stereocenters. The summed E-state index contributed by atoms with van der Waals surface area (Å²) in [6.45, 7) is 0.599. The average molecular weight is 583 g/mol. The molecule has 200 valence electrons. The number of alkyl halides is 3. The Morgan fingerprint density at radius 3 is 2.58 bits per heavy atom. The Hall–Kier alpha value is -2.01. The second-order valence-electron chi connectivity index (χ2n) is 8.93. The first-order chi connectivity index (χ1) is 17.5. The van der Waals surface area contributed by atoms with E-state index in [2.05, 4.69) is 15.5 Å². The molecule has 0 bridgehead atoms. The number of rotatable bonds is 7. The first kappa shape index (κ1) is 29.0. The molecule has 1 aromatic heterocycles. The van der Waals surface area contributed by atoms with Gasteiger partial charge in [-0.3, -0.25) is 19.3 Å². The number of likely N-dealkylation sites (tertiary alicyclic amines) is 1. The first-order valence-electron chi connectivity index (χ1n) is 11.3. The van der Waals surface area contributed by atoms with Crippen molar-refractivity contribution in [2.45, 2.75) is 48.1 Å². The van der Waals surface area contributed by atoms with E-state index in [9.17, 15) is 37.5 Å². The third-order valence-corrected chi connectivity index (χ3v) is 8.75. The fourth-order valence-corrected chi connectivity index (χ4v) is 6.53. The summed E-state index contributed by atoms with van der Waals surface area (Å²) in [5.74, 6) is -3.92. The normalized spacial score (nSPS) is 24.4. The molecule has 0 aromatic carbocycles. The van der Waals surface area contributed by atoms with Gasteiger partial charge in [-0.25, -0.2) is 4.79 Å². The number of aliphatic carboxylic acids is 1. The van der Waals surface area contributed by atoms with Gasteiger partial charge in [-0.05, 0) is 30.9 Å². The summed E-state index contributed by atoms with van der Waals surface area (Å²) in [6.07, 6.45) is -0.653. The third-order valence-electron chi connectivity index (χ3n) is 6.43. The van der Waals surface area contributed by atoms with Crippen molar-refractivity contribution in [2.75, 3.05) is 18.1 Å². The van der Waals surface area contributed by atoms with Gasteiger partial charge >= 0.3 is 41.7 Å². The molecule has 11 nitrogen and oxygen atoms in total. The van der Waals surface area contributed by atoms with Crippen molar-refractivity contribution < 1.29 is 37.5 Å². The van der Waals surface area contributed by atoms with Gasteiger partial charge in [-0.1, -0.05) is 11.8 Å². The molecule has 2 saturated heterocycles. The predicted octanol–water partition coefficient (Wildman–Crippen LogP) is 0.337. The number of thioether (sulfide) groups is 2. The minimum absolute atomic E-state index is 0. The van der Waals surface area contributed by atoms with Crippen LogP contribution in [0.4, 0.5) is 13.2 Å². The zero-order valence-electron chi connectivity index (χ0n) is 19.3. The van der Waals surface area contributed by atoms with Crippen LogP contribution in [0.5, 0.6) is 0 Å². The predicted molar refractivity (Wildman–Crippen MR) is 131 cm³/mol. The van der Waals surface area contributed by atoms with E-state index in [1.54, 1.807) is 11.0 Å². The molecular weight excluding hydrogens is 560 g/mol. The van der Waals surface area contributed by atoms with Crippen LogP contribution in [0.15, 0.2) is 28.1 Å². The molecule has 5 rings (SSSR count). The summed E-state index contributed by atoms with van der Waals surface area (Å²) < 4.78 is 39.3. The van der Waals surface area contributed by atoms with Crippen molar-refractivity contribution in [3.05, 3.63) is 28.7 Å². The van der Waals surface area contributed by atoms with Crippen LogP contribution in [0.3, 0.4) is 0 Å². The van der Waals surface area contributed by atoms with Gasteiger partial charge in [0.1, 0.15) is 17.1 Å². The fourth-order valence-electron chi connectivity index (χ4n) is 4.50. The Labute approximate surface area is 244 Å². The van der Waals surface area contributed by atoms with Crippen molar-refractivity contribution in [3.8, 4) is 0 Å². The maximum atomic E-state index is 12.9. The van der Waals surface area contributed by atoms with Crippen molar-refractivity contribution in [2.24, 2.45) is 7.05 Å². The number of carbonyl (C=O) groups is 4. The van der Waals surface area contributed by atoms with Crippen molar-refractivity contribution in [1.82, 2.24) is 29.9 Å². The molecule has 2 N–H and O–H groups in total. The van der Waals surface area contributed by atoms with E-state index in [1.165, 1.54) is 11.8 Å². The molecule has 1 aliphatic carbocycles. The van der Waals surface area contributed by atoms with Crippen molar-refractivity contribution in [1.29, 1.82) is 0 Å². The molecule has 0 radical (unpaired) electrons. The van der Waals surface area contributed by atoms with Gasteiger partial charge < -0.3 is 19.9 Å². The second-order valence-corrected chi connectivity index (χ2v) is 11.0.